The Hall–Kier alpha value is -1.05. The monoisotopic (exact) mass is 232 g/mol. The molecule has 1 aliphatic carbocycles. The molecule has 1 heterocycles. The molecule has 0 unspecified atom stereocenters. The quantitative estimate of drug-likeness (QED) is 0.848. The van der Waals surface area contributed by atoms with E-state index >= 15 is 0 Å². The lowest BCUT2D eigenvalue weighted by atomic mass is 9.81. The second kappa shape index (κ2) is 6.04. The van der Waals surface area contributed by atoms with Gasteiger partial charge in [0.05, 0.1) is 0 Å². The number of aryl methyl sites for hydroxylation is 1. The summed E-state index contributed by atoms with van der Waals surface area (Å²) in [6.07, 6.45) is 8.90. The van der Waals surface area contributed by atoms with Crippen LogP contribution >= 0.6 is 0 Å². The number of nitrogens with zero attached hydrogens (tertiary/aromatic N) is 1. The van der Waals surface area contributed by atoms with Crippen molar-refractivity contribution in [3.05, 3.63) is 23.9 Å². The van der Waals surface area contributed by atoms with Gasteiger partial charge in [0.1, 0.15) is 5.82 Å². The van der Waals surface area contributed by atoms with Gasteiger partial charge in [-0.1, -0.05) is 38.7 Å². The molecule has 1 saturated carbocycles. The van der Waals surface area contributed by atoms with Crippen LogP contribution in [0.4, 0.5) is 5.82 Å². The second-order valence-corrected chi connectivity index (χ2v) is 5.56. The summed E-state index contributed by atoms with van der Waals surface area (Å²) in [5.74, 6) is 2.90. The lowest BCUT2D eigenvalue weighted by Gasteiger charge is -2.26. The van der Waals surface area contributed by atoms with E-state index in [1.807, 2.05) is 6.20 Å². The molecule has 2 nitrogen and oxygen atoms in total. The van der Waals surface area contributed by atoms with Gasteiger partial charge < -0.3 is 5.32 Å². The molecular formula is C15H24N2. The van der Waals surface area contributed by atoms with Gasteiger partial charge >= 0.3 is 0 Å². The second-order valence-electron chi connectivity index (χ2n) is 5.56. The van der Waals surface area contributed by atoms with Crippen molar-refractivity contribution in [2.24, 2.45) is 11.8 Å². The number of nitrogens with one attached hydrogen (secondary N) is 1. The Bertz CT molecular complexity index is 323. The van der Waals surface area contributed by atoms with Gasteiger partial charge in [0.25, 0.3) is 0 Å². The number of hydrogen-bond donors (Lipinski definition) is 1. The van der Waals surface area contributed by atoms with E-state index in [0.717, 1.165) is 24.2 Å². The van der Waals surface area contributed by atoms with E-state index in [4.69, 9.17) is 0 Å². The summed E-state index contributed by atoms with van der Waals surface area (Å²) in [5, 5.41) is 3.42. The van der Waals surface area contributed by atoms with Gasteiger partial charge in [-0.2, -0.15) is 0 Å². The zero-order valence-electron chi connectivity index (χ0n) is 11.1. The molecule has 1 N–H and O–H groups in total. The molecule has 0 aliphatic heterocycles. The predicted molar refractivity (Wildman–Crippen MR) is 73.2 cm³/mol. The first-order chi connectivity index (χ1) is 8.24. The highest BCUT2D eigenvalue weighted by molar-refractivity contribution is 5.34. The minimum absolute atomic E-state index is 0.934. The van der Waals surface area contributed by atoms with Crippen LogP contribution in [0.15, 0.2) is 18.3 Å². The Morgan fingerprint density at radius 2 is 2.00 bits per heavy atom. The molecule has 2 rings (SSSR count). The molecule has 0 atom stereocenters. The van der Waals surface area contributed by atoms with Crippen LogP contribution in [0.5, 0.6) is 0 Å². The fraction of sp³-hybridized carbons (Fsp3) is 0.667. The third-order valence-electron chi connectivity index (χ3n) is 3.91. The van der Waals surface area contributed by atoms with E-state index in [1.165, 1.54) is 37.7 Å². The maximum atomic E-state index is 4.36. The van der Waals surface area contributed by atoms with Crippen LogP contribution in [0, 0.1) is 18.8 Å². The molecule has 17 heavy (non-hydrogen) atoms. The van der Waals surface area contributed by atoms with Gasteiger partial charge in [0.15, 0.2) is 0 Å². The first kappa shape index (κ1) is 12.4. The molecule has 1 aliphatic rings. The maximum absolute atomic E-state index is 4.36. The third kappa shape index (κ3) is 4.03. The normalized spacial score (nSPS) is 24.6. The summed E-state index contributed by atoms with van der Waals surface area (Å²) in [6.45, 7) is 5.51. The van der Waals surface area contributed by atoms with E-state index in [-0.39, 0.29) is 0 Å². The Morgan fingerprint density at radius 1 is 1.24 bits per heavy atom. The fourth-order valence-electron chi connectivity index (χ4n) is 2.59. The first-order valence-corrected chi connectivity index (χ1v) is 6.90. The van der Waals surface area contributed by atoms with Crippen molar-refractivity contribution < 1.29 is 0 Å². The van der Waals surface area contributed by atoms with Crippen LogP contribution in [0.3, 0.4) is 0 Å². The first-order valence-electron chi connectivity index (χ1n) is 6.90. The van der Waals surface area contributed by atoms with Crippen molar-refractivity contribution in [3.63, 3.8) is 0 Å². The van der Waals surface area contributed by atoms with Crippen LogP contribution in [0.1, 0.15) is 44.6 Å². The lowest BCUT2D eigenvalue weighted by Crippen LogP contribution is -2.16. The number of pyridine rings is 1. The number of hydrogen-bond acceptors (Lipinski definition) is 2. The summed E-state index contributed by atoms with van der Waals surface area (Å²) in [7, 11) is 0. The Labute approximate surface area is 105 Å². The molecule has 0 spiro atoms. The van der Waals surface area contributed by atoms with Gasteiger partial charge in [-0.05, 0) is 36.8 Å². The van der Waals surface area contributed by atoms with E-state index in [0.29, 0.717) is 0 Å². The zero-order valence-corrected chi connectivity index (χ0v) is 11.1. The molecule has 1 aromatic heterocycles. The Balaban J connectivity index is 1.67. The fourth-order valence-corrected chi connectivity index (χ4v) is 2.59. The minimum Gasteiger partial charge on any atom is -0.370 e. The molecule has 1 fully saturated rings. The van der Waals surface area contributed by atoms with Crippen LogP contribution in [0.25, 0.3) is 0 Å². The van der Waals surface area contributed by atoms with Gasteiger partial charge in [0, 0.05) is 12.7 Å². The largest absolute Gasteiger partial charge is 0.370 e. The van der Waals surface area contributed by atoms with E-state index < -0.39 is 0 Å². The summed E-state index contributed by atoms with van der Waals surface area (Å²) in [6, 6.07) is 4.18. The highest BCUT2D eigenvalue weighted by Gasteiger charge is 2.17. The molecule has 1 aromatic rings. The third-order valence-corrected chi connectivity index (χ3v) is 3.91. The lowest BCUT2D eigenvalue weighted by molar-refractivity contribution is 0.282. The highest BCUT2D eigenvalue weighted by atomic mass is 15.0. The summed E-state index contributed by atoms with van der Waals surface area (Å²) in [4.78, 5) is 4.36. The predicted octanol–water partition coefficient (Wildman–Crippen LogP) is 4.02. The molecule has 0 saturated heterocycles. The van der Waals surface area contributed by atoms with Crippen molar-refractivity contribution in [2.75, 3.05) is 11.9 Å². The summed E-state index contributed by atoms with van der Waals surface area (Å²) >= 11 is 0. The Morgan fingerprint density at radius 3 is 2.65 bits per heavy atom. The zero-order chi connectivity index (χ0) is 12.1. The van der Waals surface area contributed by atoms with Crippen LogP contribution < -0.4 is 5.32 Å². The summed E-state index contributed by atoms with van der Waals surface area (Å²) < 4.78 is 0. The molecule has 0 radical (unpaired) electrons. The molecule has 0 amide bonds. The smallest absolute Gasteiger partial charge is 0.125 e. The topological polar surface area (TPSA) is 24.9 Å². The van der Waals surface area contributed by atoms with E-state index in [1.54, 1.807) is 0 Å². The van der Waals surface area contributed by atoms with Crippen LogP contribution in [-0.2, 0) is 0 Å². The average Bonchev–Trinajstić information content (AvgIpc) is 2.34. The molecule has 0 aromatic carbocycles. The SMILES string of the molecule is Cc1ccc(NCCC2CCC(C)CC2)nc1. The van der Waals surface area contributed by atoms with Crippen molar-refractivity contribution in [1.82, 2.24) is 4.98 Å². The van der Waals surface area contributed by atoms with Gasteiger partial charge in [-0.3, -0.25) is 0 Å². The minimum atomic E-state index is 0.934. The van der Waals surface area contributed by atoms with Crippen molar-refractivity contribution in [2.45, 2.75) is 46.0 Å². The number of aromatic nitrogens is 1. The molecule has 94 valence electrons. The summed E-state index contributed by atoms with van der Waals surface area (Å²) in [5.41, 5.74) is 1.22. The van der Waals surface area contributed by atoms with Crippen molar-refractivity contribution in [1.29, 1.82) is 0 Å². The molecular weight excluding hydrogens is 208 g/mol. The van der Waals surface area contributed by atoms with Gasteiger partial charge in [-0.25, -0.2) is 4.98 Å². The van der Waals surface area contributed by atoms with Crippen molar-refractivity contribution >= 4 is 5.82 Å². The van der Waals surface area contributed by atoms with Gasteiger partial charge in [0.2, 0.25) is 0 Å². The van der Waals surface area contributed by atoms with E-state index in [2.05, 4.69) is 36.3 Å². The number of rotatable bonds is 4. The van der Waals surface area contributed by atoms with Crippen LogP contribution in [0.2, 0.25) is 0 Å². The molecule has 2 heteroatoms. The Kier molecular flexibility index (Phi) is 4.41. The van der Waals surface area contributed by atoms with E-state index in [9.17, 15) is 0 Å². The van der Waals surface area contributed by atoms with Crippen molar-refractivity contribution in [3.8, 4) is 0 Å². The highest BCUT2D eigenvalue weighted by Crippen LogP contribution is 2.30. The maximum Gasteiger partial charge on any atom is 0.125 e. The standard InChI is InChI=1S/C15H24N2/c1-12-3-6-14(7-4-12)9-10-16-15-8-5-13(2)11-17-15/h5,8,11-12,14H,3-4,6-7,9-10H2,1-2H3,(H,16,17). The van der Waals surface area contributed by atoms with Gasteiger partial charge in [-0.15, -0.1) is 0 Å². The average molecular weight is 232 g/mol. The molecule has 0 bridgehead atoms. The van der Waals surface area contributed by atoms with Crippen LogP contribution in [-0.4, -0.2) is 11.5 Å². The number of anilines is 1.